The zero-order valence-electron chi connectivity index (χ0n) is 29.3. The van der Waals surface area contributed by atoms with E-state index >= 15 is 0 Å². The van der Waals surface area contributed by atoms with E-state index in [1.54, 1.807) is 11.1 Å². The van der Waals surface area contributed by atoms with Gasteiger partial charge in [0.05, 0.1) is 16.7 Å². The van der Waals surface area contributed by atoms with Gasteiger partial charge in [-0.05, 0) is 143 Å². The number of rotatable bonds is 4. The van der Waals surface area contributed by atoms with Gasteiger partial charge < -0.3 is 9.47 Å². The first-order valence-corrected chi connectivity index (χ1v) is 19.4. The Bertz CT molecular complexity index is 2690. The minimum atomic E-state index is 0.111. The lowest BCUT2D eigenvalue weighted by atomic mass is 9.43. The van der Waals surface area contributed by atoms with E-state index in [1.165, 1.54) is 98.6 Å². The Labute approximate surface area is 305 Å². The Balaban J connectivity index is 1.14. The number of benzene rings is 7. The van der Waals surface area contributed by atoms with E-state index in [4.69, 9.17) is 0 Å². The highest BCUT2D eigenvalue weighted by molar-refractivity contribution is 6.16. The fourth-order valence-corrected chi connectivity index (χ4v) is 12.1. The molecule has 5 aliphatic rings. The molecule has 4 fully saturated rings. The minimum Gasteiger partial charge on any atom is -0.310 e. The van der Waals surface area contributed by atoms with Gasteiger partial charge in [0, 0.05) is 33.2 Å². The third kappa shape index (κ3) is 3.85. The Kier molecular flexibility index (Phi) is 5.98. The van der Waals surface area contributed by atoms with Crippen LogP contribution in [0.25, 0.3) is 49.4 Å². The maximum absolute atomic E-state index is 2.64. The van der Waals surface area contributed by atoms with Gasteiger partial charge in [0.15, 0.2) is 0 Å². The normalized spacial score (nSPS) is 23.8. The zero-order chi connectivity index (χ0) is 34.0. The number of fused-ring (bicyclic) bond motifs is 7. The van der Waals surface area contributed by atoms with Crippen LogP contribution in [0.5, 0.6) is 0 Å². The largest absolute Gasteiger partial charge is 0.310 e. The Morgan fingerprint density at radius 3 is 1.98 bits per heavy atom. The van der Waals surface area contributed by atoms with Crippen molar-refractivity contribution in [2.45, 2.75) is 37.5 Å². The first-order valence-electron chi connectivity index (χ1n) is 19.4. The van der Waals surface area contributed by atoms with Gasteiger partial charge in [0.2, 0.25) is 0 Å². The average molecular weight is 669 g/mol. The summed E-state index contributed by atoms with van der Waals surface area (Å²) in [6.45, 7) is 0. The van der Waals surface area contributed by atoms with E-state index in [9.17, 15) is 0 Å². The highest BCUT2D eigenvalue weighted by Gasteiger charge is 2.61. The van der Waals surface area contributed by atoms with Crippen molar-refractivity contribution in [2.75, 3.05) is 4.90 Å². The van der Waals surface area contributed by atoms with Crippen molar-refractivity contribution >= 4 is 49.6 Å². The molecule has 0 unspecified atom stereocenters. The smallest absolute Gasteiger partial charge is 0.0562 e. The number of hydrogen-bond donors (Lipinski definition) is 0. The van der Waals surface area contributed by atoms with Gasteiger partial charge in [-0.1, -0.05) is 103 Å². The lowest BCUT2D eigenvalue weighted by molar-refractivity contribution is -0.0399. The van der Waals surface area contributed by atoms with E-state index in [2.05, 4.69) is 167 Å². The standard InChI is InChI=1S/C50H40N2/c1-2-13-38(14-3-1)52-46-18-9-7-16-43(46)49-47(19-10-20-48(49)52)51(39-22-21-34-11-4-5-12-35(34)30-39)40-23-24-42-41-15-6-8-17-44(41)50(45(42)31-40)36-26-32-25-33(28-36)29-37(50)27-32/h1-24,30-33,36-37H,25-29H2. The van der Waals surface area contributed by atoms with Crippen molar-refractivity contribution in [3.8, 4) is 16.8 Å². The summed E-state index contributed by atoms with van der Waals surface area (Å²) in [6, 6.07) is 59.5. The molecule has 0 aliphatic heterocycles. The van der Waals surface area contributed by atoms with Crippen LogP contribution >= 0.6 is 0 Å². The maximum Gasteiger partial charge on any atom is 0.0562 e. The Morgan fingerprint density at radius 1 is 0.481 bits per heavy atom. The lowest BCUT2D eigenvalue weighted by Gasteiger charge is -2.61. The van der Waals surface area contributed by atoms with Gasteiger partial charge in [-0.3, -0.25) is 0 Å². The molecule has 0 radical (unpaired) electrons. The summed E-state index contributed by atoms with van der Waals surface area (Å²) in [7, 11) is 0. The van der Waals surface area contributed by atoms with Crippen molar-refractivity contribution in [1.29, 1.82) is 0 Å². The molecule has 0 atom stereocenters. The summed E-state index contributed by atoms with van der Waals surface area (Å²) in [5.41, 5.74) is 13.5. The van der Waals surface area contributed by atoms with E-state index in [-0.39, 0.29) is 5.41 Å². The predicted molar refractivity (Wildman–Crippen MR) is 216 cm³/mol. The van der Waals surface area contributed by atoms with Crippen LogP contribution in [0.15, 0.2) is 158 Å². The minimum absolute atomic E-state index is 0.111. The summed E-state index contributed by atoms with van der Waals surface area (Å²) in [5.74, 6) is 3.29. The van der Waals surface area contributed by atoms with E-state index in [0.29, 0.717) is 0 Å². The molecule has 8 aromatic rings. The Hall–Kier alpha value is -5.60. The molecule has 1 aromatic heterocycles. The van der Waals surface area contributed by atoms with Gasteiger partial charge in [-0.25, -0.2) is 0 Å². The zero-order valence-corrected chi connectivity index (χ0v) is 29.3. The quantitative estimate of drug-likeness (QED) is 0.181. The molecule has 4 bridgehead atoms. The fourth-order valence-electron chi connectivity index (χ4n) is 12.1. The molecule has 250 valence electrons. The maximum atomic E-state index is 2.64. The highest BCUT2D eigenvalue weighted by Crippen LogP contribution is 2.69. The van der Waals surface area contributed by atoms with Crippen LogP contribution in [-0.4, -0.2) is 4.57 Å². The van der Waals surface area contributed by atoms with Crippen molar-refractivity contribution in [2.24, 2.45) is 23.7 Å². The summed E-state index contributed by atoms with van der Waals surface area (Å²) >= 11 is 0. The molecule has 0 saturated heterocycles. The highest BCUT2D eigenvalue weighted by atomic mass is 15.1. The first-order chi connectivity index (χ1) is 25.8. The molecule has 13 rings (SSSR count). The summed E-state index contributed by atoms with van der Waals surface area (Å²) in [4.78, 5) is 2.57. The van der Waals surface area contributed by atoms with Gasteiger partial charge >= 0.3 is 0 Å². The fraction of sp³-hybridized carbons (Fsp3) is 0.200. The van der Waals surface area contributed by atoms with Gasteiger partial charge in [-0.2, -0.15) is 0 Å². The molecule has 1 spiro atoms. The van der Waals surface area contributed by atoms with Crippen molar-refractivity contribution in [1.82, 2.24) is 4.57 Å². The molecular weight excluding hydrogens is 629 g/mol. The van der Waals surface area contributed by atoms with Crippen LogP contribution in [0.2, 0.25) is 0 Å². The SMILES string of the molecule is c1ccc(-n2c3ccccc3c3c(N(c4ccc5c(c4)C4(c6ccccc6-5)C5CC6CC(C5)CC4C6)c4ccc5ccccc5c4)cccc32)cc1. The molecule has 1 heterocycles. The third-order valence-electron chi connectivity index (χ3n) is 13.7. The number of nitrogens with zero attached hydrogens (tertiary/aromatic N) is 2. The molecular formula is C50H40N2. The van der Waals surface area contributed by atoms with E-state index < -0.39 is 0 Å². The second-order valence-electron chi connectivity index (χ2n) is 16.2. The molecule has 2 nitrogen and oxygen atoms in total. The summed E-state index contributed by atoms with van der Waals surface area (Å²) in [5, 5.41) is 5.08. The average Bonchev–Trinajstić information content (AvgIpc) is 3.68. The third-order valence-corrected chi connectivity index (χ3v) is 13.7. The van der Waals surface area contributed by atoms with E-state index in [0.717, 1.165) is 23.7 Å². The molecule has 52 heavy (non-hydrogen) atoms. The topological polar surface area (TPSA) is 8.17 Å². The predicted octanol–water partition coefficient (Wildman–Crippen LogP) is 13.1. The number of aromatic nitrogens is 1. The monoisotopic (exact) mass is 668 g/mol. The molecule has 0 N–H and O–H groups in total. The van der Waals surface area contributed by atoms with E-state index in [1.807, 2.05) is 0 Å². The summed E-state index contributed by atoms with van der Waals surface area (Å²) in [6.07, 6.45) is 7.01. The van der Waals surface area contributed by atoms with Crippen molar-refractivity contribution in [3.05, 3.63) is 169 Å². The molecule has 0 amide bonds. The van der Waals surface area contributed by atoms with Crippen LogP contribution in [-0.2, 0) is 5.41 Å². The van der Waals surface area contributed by atoms with Crippen LogP contribution < -0.4 is 4.90 Å². The molecule has 2 heteroatoms. The van der Waals surface area contributed by atoms with Gasteiger partial charge in [-0.15, -0.1) is 0 Å². The number of anilines is 3. The lowest BCUT2D eigenvalue weighted by Crippen LogP contribution is -2.55. The number of para-hydroxylation sites is 2. The van der Waals surface area contributed by atoms with Crippen molar-refractivity contribution in [3.63, 3.8) is 0 Å². The first kappa shape index (κ1) is 29.0. The molecule has 5 aliphatic carbocycles. The van der Waals surface area contributed by atoms with Crippen LogP contribution in [0, 0.1) is 23.7 Å². The van der Waals surface area contributed by atoms with Crippen molar-refractivity contribution < 1.29 is 0 Å². The molecule has 4 saturated carbocycles. The van der Waals surface area contributed by atoms with Crippen LogP contribution in [0.3, 0.4) is 0 Å². The van der Waals surface area contributed by atoms with Gasteiger partial charge in [0.25, 0.3) is 0 Å². The van der Waals surface area contributed by atoms with Crippen LogP contribution in [0.1, 0.15) is 43.2 Å². The number of hydrogen-bond acceptors (Lipinski definition) is 1. The second kappa shape index (κ2) is 10.7. The summed E-state index contributed by atoms with van der Waals surface area (Å²) < 4.78 is 2.44. The van der Waals surface area contributed by atoms with Gasteiger partial charge in [0.1, 0.15) is 0 Å². The Morgan fingerprint density at radius 2 is 1.13 bits per heavy atom. The molecule has 7 aromatic carbocycles. The second-order valence-corrected chi connectivity index (χ2v) is 16.2. The van der Waals surface area contributed by atoms with Crippen LogP contribution in [0.4, 0.5) is 17.1 Å².